The summed E-state index contributed by atoms with van der Waals surface area (Å²) >= 11 is 3.76. The molecule has 0 radical (unpaired) electrons. The van der Waals surface area contributed by atoms with E-state index < -0.39 is 0 Å². The Labute approximate surface area is 432 Å². The second-order valence-electron chi connectivity index (χ2n) is 21.9. The van der Waals surface area contributed by atoms with E-state index in [9.17, 15) is 0 Å². The summed E-state index contributed by atoms with van der Waals surface area (Å²) in [5.74, 6) is 0. The number of aryl methyl sites for hydroxylation is 1. The van der Waals surface area contributed by atoms with Gasteiger partial charge in [-0.1, -0.05) is 175 Å². The van der Waals surface area contributed by atoms with Gasteiger partial charge in [0.1, 0.15) is 0 Å². The highest BCUT2D eigenvalue weighted by molar-refractivity contribution is 7.22. The monoisotopic (exact) mass is 962 g/mol. The van der Waals surface area contributed by atoms with Crippen LogP contribution in [0.3, 0.4) is 0 Å². The van der Waals surface area contributed by atoms with Gasteiger partial charge >= 0.3 is 0 Å². The van der Waals surface area contributed by atoms with Crippen molar-refractivity contribution >= 4 is 100 Å². The summed E-state index contributed by atoms with van der Waals surface area (Å²) in [4.78, 5) is 7.79. The first-order valence-corrected chi connectivity index (χ1v) is 26.9. The molecule has 0 atom stereocenters. The molecule has 0 aliphatic carbocycles. The van der Waals surface area contributed by atoms with Crippen LogP contribution in [0.15, 0.2) is 206 Å². The molecule has 348 valence electrons. The van der Waals surface area contributed by atoms with Crippen molar-refractivity contribution in [3.8, 4) is 43.1 Å². The Morgan fingerprint density at radius 2 is 0.764 bits per heavy atom. The van der Waals surface area contributed by atoms with Gasteiger partial charge in [-0.25, -0.2) is 0 Å². The fourth-order valence-corrected chi connectivity index (χ4v) is 13.4. The van der Waals surface area contributed by atoms with E-state index in [2.05, 4.69) is 265 Å². The Balaban J connectivity index is 1.14. The van der Waals surface area contributed by atoms with Crippen molar-refractivity contribution in [3.63, 3.8) is 0 Å². The third-order valence-electron chi connectivity index (χ3n) is 15.0. The van der Waals surface area contributed by atoms with Crippen LogP contribution in [-0.2, 0) is 10.8 Å². The Morgan fingerprint density at radius 1 is 0.361 bits per heavy atom. The van der Waals surface area contributed by atoms with Gasteiger partial charge in [-0.3, -0.25) is 0 Å². The second-order valence-corrected chi connectivity index (χ2v) is 24.0. The van der Waals surface area contributed by atoms with Crippen molar-refractivity contribution < 1.29 is 0 Å². The second kappa shape index (κ2) is 16.8. The van der Waals surface area contributed by atoms with Gasteiger partial charge in [0.15, 0.2) is 0 Å². The average Bonchev–Trinajstić information content (AvgIpc) is 4.04. The van der Waals surface area contributed by atoms with E-state index in [0.717, 1.165) is 0 Å². The maximum atomic E-state index is 2.61. The van der Waals surface area contributed by atoms with Gasteiger partial charge in [0, 0.05) is 53.0 Å². The Kier molecular flexibility index (Phi) is 10.4. The molecule has 72 heavy (non-hydrogen) atoms. The SMILES string of the molecule is Cc1cc2c3c(c1)N(c1ccc(C(C)(C)C)cc1-c1ccccc1)c1ccc(-c4cc5ccccc5s4)cc1B3c1cc(-c3cc4ccccc4s3)ccc1N2c1ccc(C(C)(C)C)cc1-c1ccccc1. The molecule has 0 saturated carbocycles. The van der Waals surface area contributed by atoms with Crippen molar-refractivity contribution in [1.82, 2.24) is 0 Å². The van der Waals surface area contributed by atoms with Crippen LogP contribution in [-0.4, -0.2) is 6.71 Å². The first-order chi connectivity index (χ1) is 34.9. The van der Waals surface area contributed by atoms with Crippen LogP contribution in [0.4, 0.5) is 34.1 Å². The zero-order valence-electron chi connectivity index (χ0n) is 41.9. The van der Waals surface area contributed by atoms with Gasteiger partial charge in [0.05, 0.1) is 11.4 Å². The molecular formula is C67H55BN2S2. The molecule has 0 fully saturated rings. The van der Waals surface area contributed by atoms with Crippen LogP contribution in [0, 0.1) is 6.92 Å². The molecule has 11 aromatic rings. The number of anilines is 6. The molecule has 2 nitrogen and oxygen atoms in total. The van der Waals surface area contributed by atoms with Crippen molar-refractivity contribution in [1.29, 1.82) is 0 Å². The highest BCUT2D eigenvalue weighted by atomic mass is 32.1. The molecule has 0 bridgehead atoms. The predicted molar refractivity (Wildman–Crippen MR) is 315 cm³/mol. The molecule has 2 aliphatic rings. The molecular weight excluding hydrogens is 908 g/mol. The highest BCUT2D eigenvalue weighted by Gasteiger charge is 2.45. The summed E-state index contributed by atoms with van der Waals surface area (Å²) in [5.41, 5.74) is 22.2. The third kappa shape index (κ3) is 7.44. The molecule has 13 rings (SSSR count). The predicted octanol–water partition coefficient (Wildman–Crippen LogP) is 17.8. The third-order valence-corrected chi connectivity index (χ3v) is 17.3. The van der Waals surface area contributed by atoms with Crippen molar-refractivity contribution in [3.05, 3.63) is 223 Å². The van der Waals surface area contributed by atoms with Gasteiger partial charge in [-0.2, -0.15) is 0 Å². The fraction of sp³-hybridized carbons (Fsp3) is 0.134. The van der Waals surface area contributed by atoms with Crippen molar-refractivity contribution in [2.45, 2.75) is 59.3 Å². The van der Waals surface area contributed by atoms with Crippen molar-refractivity contribution in [2.24, 2.45) is 0 Å². The van der Waals surface area contributed by atoms with Crippen LogP contribution < -0.4 is 26.2 Å². The zero-order valence-corrected chi connectivity index (χ0v) is 43.6. The number of hydrogen-bond acceptors (Lipinski definition) is 4. The van der Waals surface area contributed by atoms with E-state index in [0.29, 0.717) is 0 Å². The summed E-state index contributed by atoms with van der Waals surface area (Å²) < 4.78 is 2.61. The lowest BCUT2D eigenvalue weighted by Gasteiger charge is -2.45. The van der Waals surface area contributed by atoms with E-state index in [4.69, 9.17) is 0 Å². The lowest BCUT2D eigenvalue weighted by molar-refractivity contribution is 0.590. The molecule has 0 saturated heterocycles. The summed E-state index contributed by atoms with van der Waals surface area (Å²) in [7, 11) is 0. The van der Waals surface area contributed by atoms with Crippen molar-refractivity contribution in [2.75, 3.05) is 9.80 Å². The maximum absolute atomic E-state index is 2.61. The molecule has 9 aromatic carbocycles. The van der Waals surface area contributed by atoms with Crippen LogP contribution in [0.2, 0.25) is 0 Å². The smallest absolute Gasteiger partial charge is 0.252 e. The van der Waals surface area contributed by atoms with Gasteiger partial charge < -0.3 is 9.80 Å². The first kappa shape index (κ1) is 44.5. The van der Waals surface area contributed by atoms with Crippen LogP contribution in [0.5, 0.6) is 0 Å². The first-order valence-electron chi connectivity index (χ1n) is 25.3. The van der Waals surface area contributed by atoms with Gasteiger partial charge in [-0.15, -0.1) is 22.7 Å². The zero-order chi connectivity index (χ0) is 49.0. The minimum Gasteiger partial charge on any atom is -0.311 e. The minimum atomic E-state index is -0.0696. The summed E-state index contributed by atoms with van der Waals surface area (Å²) in [5, 5.41) is 2.56. The molecule has 0 unspecified atom stereocenters. The highest BCUT2D eigenvalue weighted by Crippen LogP contribution is 2.51. The maximum Gasteiger partial charge on any atom is 0.252 e. The molecule has 2 aromatic heterocycles. The number of benzene rings is 9. The summed E-state index contributed by atoms with van der Waals surface area (Å²) in [6.45, 7) is 16.1. The van der Waals surface area contributed by atoms with E-state index >= 15 is 0 Å². The summed E-state index contributed by atoms with van der Waals surface area (Å²) in [6, 6.07) is 78.4. The Hall–Kier alpha value is -7.44. The summed E-state index contributed by atoms with van der Waals surface area (Å²) in [6.07, 6.45) is 0. The van der Waals surface area contributed by atoms with E-state index in [1.54, 1.807) is 0 Å². The molecule has 4 heterocycles. The van der Waals surface area contributed by atoms with Gasteiger partial charge in [0.25, 0.3) is 6.71 Å². The van der Waals surface area contributed by atoms with E-state index in [-0.39, 0.29) is 17.5 Å². The average molecular weight is 963 g/mol. The number of nitrogens with zero attached hydrogens (tertiary/aromatic N) is 2. The Morgan fingerprint density at radius 3 is 1.18 bits per heavy atom. The van der Waals surface area contributed by atoms with Crippen LogP contribution >= 0.6 is 22.7 Å². The van der Waals surface area contributed by atoms with E-state index in [1.165, 1.54) is 131 Å². The molecule has 0 N–H and O–H groups in total. The molecule has 0 spiro atoms. The molecule has 2 aliphatic heterocycles. The topological polar surface area (TPSA) is 6.48 Å². The Bertz CT molecular complexity index is 3610. The van der Waals surface area contributed by atoms with Crippen LogP contribution in [0.1, 0.15) is 58.2 Å². The fourth-order valence-electron chi connectivity index (χ4n) is 11.3. The normalized spacial score (nSPS) is 13.1. The van der Waals surface area contributed by atoms with Crippen LogP contribution in [0.25, 0.3) is 63.3 Å². The number of thiophene rings is 2. The minimum absolute atomic E-state index is 0.0378. The molecule has 5 heteroatoms. The quantitative estimate of drug-likeness (QED) is 0.153. The lowest BCUT2D eigenvalue weighted by Crippen LogP contribution is -2.61. The molecule has 0 amide bonds. The van der Waals surface area contributed by atoms with E-state index in [1.807, 2.05) is 22.7 Å². The number of hydrogen-bond donors (Lipinski definition) is 0. The largest absolute Gasteiger partial charge is 0.311 e. The van der Waals surface area contributed by atoms with Gasteiger partial charge in [0.2, 0.25) is 0 Å². The standard InChI is InChI=1S/C67H55BN2S2/c1-42-34-59-65-60(35-42)70(56-33-29-50(67(5,6)7)41-52(56)44-20-12-9-13-21-44)58-31-27-48(64-39-46-23-15-17-25-62(46)72-64)37-54(58)68(65)53-36-47(63-38-45-22-14-16-24-61(45)71-63)26-30-57(53)69(59)55-32-28-49(66(2,3)4)40-51(55)43-18-10-8-11-19-43/h8-41H,1-7H3. The number of rotatable bonds is 6. The number of fused-ring (bicyclic) bond motifs is 6. The van der Waals surface area contributed by atoms with Gasteiger partial charge in [-0.05, 0) is 157 Å². The lowest BCUT2D eigenvalue weighted by atomic mass is 9.33.